The molecule has 0 aliphatic rings. The summed E-state index contributed by atoms with van der Waals surface area (Å²) in [6, 6.07) is 10.9. The Bertz CT molecular complexity index is 569. The lowest BCUT2D eigenvalue weighted by Crippen LogP contribution is -2.17. The maximum atomic E-state index is 11.6. The van der Waals surface area contributed by atoms with Crippen molar-refractivity contribution in [3.05, 3.63) is 64.4 Å². The van der Waals surface area contributed by atoms with Gasteiger partial charge in [0, 0.05) is 22.4 Å². The number of carbonyl (C=O) groups is 1. The van der Waals surface area contributed by atoms with Crippen LogP contribution in [0.5, 0.6) is 0 Å². The number of rotatable bonds is 3. The summed E-state index contributed by atoms with van der Waals surface area (Å²) in [6.07, 6.45) is 4.71. The van der Waals surface area contributed by atoms with Gasteiger partial charge in [0.05, 0.1) is 6.21 Å². The molecule has 0 bridgehead atoms. The van der Waals surface area contributed by atoms with E-state index in [0.29, 0.717) is 5.56 Å². The van der Waals surface area contributed by atoms with Crippen molar-refractivity contribution in [2.24, 2.45) is 5.10 Å². The van der Waals surface area contributed by atoms with E-state index in [2.05, 4.69) is 31.4 Å². The molecule has 5 heteroatoms. The van der Waals surface area contributed by atoms with Crippen molar-refractivity contribution >= 4 is 28.1 Å². The lowest BCUT2D eigenvalue weighted by molar-refractivity contribution is 0.0955. The zero-order valence-electron chi connectivity index (χ0n) is 9.38. The van der Waals surface area contributed by atoms with Gasteiger partial charge in [-0.15, -0.1) is 0 Å². The van der Waals surface area contributed by atoms with Crippen LogP contribution in [0.3, 0.4) is 0 Å². The first-order chi connectivity index (χ1) is 8.75. The second-order valence-electron chi connectivity index (χ2n) is 3.49. The highest BCUT2D eigenvalue weighted by atomic mass is 79.9. The summed E-state index contributed by atoms with van der Waals surface area (Å²) in [5, 5.41) is 3.89. The molecule has 2 rings (SSSR count). The summed E-state index contributed by atoms with van der Waals surface area (Å²) in [5.41, 5.74) is 3.88. The highest BCUT2D eigenvalue weighted by molar-refractivity contribution is 9.10. The van der Waals surface area contributed by atoms with Crippen LogP contribution in [0.4, 0.5) is 0 Å². The van der Waals surface area contributed by atoms with Gasteiger partial charge in [-0.2, -0.15) is 5.10 Å². The molecule has 0 atom stereocenters. The molecule has 0 saturated carbocycles. The molecule has 1 N–H and O–H groups in total. The average molecular weight is 304 g/mol. The van der Waals surface area contributed by atoms with E-state index in [1.807, 2.05) is 24.3 Å². The van der Waals surface area contributed by atoms with Crippen LogP contribution in [-0.2, 0) is 0 Å². The van der Waals surface area contributed by atoms with Crippen LogP contribution >= 0.6 is 15.9 Å². The van der Waals surface area contributed by atoms with E-state index in [4.69, 9.17) is 0 Å². The van der Waals surface area contributed by atoms with Crippen molar-refractivity contribution < 1.29 is 4.79 Å². The van der Waals surface area contributed by atoms with Crippen molar-refractivity contribution in [2.75, 3.05) is 0 Å². The van der Waals surface area contributed by atoms with Crippen LogP contribution in [0.15, 0.2) is 58.4 Å². The third-order valence-corrected chi connectivity index (χ3v) is 2.66. The standard InChI is InChI=1S/C13H10BrN3O/c14-12-3-1-2-10(8-12)9-16-17-13(18)11-4-6-15-7-5-11/h1-9H,(H,17,18)/b16-9-. The number of halogens is 1. The third-order valence-electron chi connectivity index (χ3n) is 2.17. The third kappa shape index (κ3) is 3.49. The fraction of sp³-hybridized carbons (Fsp3) is 0. The SMILES string of the molecule is O=C(N/N=C\c1cccc(Br)c1)c1ccncc1. The lowest BCUT2D eigenvalue weighted by Gasteiger charge is -1.98. The summed E-state index contributed by atoms with van der Waals surface area (Å²) in [4.78, 5) is 15.5. The molecule has 0 saturated heterocycles. The van der Waals surface area contributed by atoms with Crippen LogP contribution in [0.25, 0.3) is 0 Å². The van der Waals surface area contributed by atoms with Gasteiger partial charge in [-0.05, 0) is 29.8 Å². The topological polar surface area (TPSA) is 54.4 Å². The van der Waals surface area contributed by atoms with Crippen LogP contribution in [0.1, 0.15) is 15.9 Å². The molecular formula is C13H10BrN3O. The normalized spacial score (nSPS) is 10.5. The van der Waals surface area contributed by atoms with E-state index in [1.54, 1.807) is 30.7 Å². The number of nitrogens with zero attached hydrogens (tertiary/aromatic N) is 2. The second kappa shape index (κ2) is 6.07. The molecule has 0 aliphatic heterocycles. The van der Waals surface area contributed by atoms with Gasteiger partial charge < -0.3 is 0 Å². The number of hydrogen-bond donors (Lipinski definition) is 1. The first-order valence-electron chi connectivity index (χ1n) is 5.25. The van der Waals surface area contributed by atoms with E-state index >= 15 is 0 Å². The van der Waals surface area contributed by atoms with Gasteiger partial charge >= 0.3 is 0 Å². The molecular weight excluding hydrogens is 294 g/mol. The molecule has 0 unspecified atom stereocenters. The number of hydrazone groups is 1. The average Bonchev–Trinajstić information content (AvgIpc) is 2.40. The number of carbonyl (C=O) groups excluding carboxylic acids is 1. The first kappa shape index (κ1) is 12.4. The molecule has 0 spiro atoms. The van der Waals surface area contributed by atoms with E-state index < -0.39 is 0 Å². The Morgan fingerprint density at radius 1 is 1.28 bits per heavy atom. The molecule has 4 nitrogen and oxygen atoms in total. The number of benzene rings is 1. The zero-order chi connectivity index (χ0) is 12.8. The van der Waals surface area contributed by atoms with Crippen LogP contribution in [0, 0.1) is 0 Å². The molecule has 1 aromatic carbocycles. The minimum Gasteiger partial charge on any atom is -0.267 e. The van der Waals surface area contributed by atoms with Crippen LogP contribution < -0.4 is 5.43 Å². The van der Waals surface area contributed by atoms with E-state index in [1.165, 1.54) is 0 Å². The molecule has 0 fully saturated rings. The smallest absolute Gasteiger partial charge is 0.267 e. The Morgan fingerprint density at radius 3 is 2.78 bits per heavy atom. The van der Waals surface area contributed by atoms with Crippen molar-refractivity contribution in [1.82, 2.24) is 10.4 Å². The minimum atomic E-state index is -0.261. The molecule has 1 aromatic heterocycles. The van der Waals surface area contributed by atoms with Crippen molar-refractivity contribution in [3.63, 3.8) is 0 Å². The minimum absolute atomic E-state index is 0.261. The predicted molar refractivity (Wildman–Crippen MR) is 73.4 cm³/mol. The monoisotopic (exact) mass is 303 g/mol. The van der Waals surface area contributed by atoms with Crippen molar-refractivity contribution in [1.29, 1.82) is 0 Å². The summed E-state index contributed by atoms with van der Waals surface area (Å²) in [5.74, 6) is -0.261. The highest BCUT2D eigenvalue weighted by Gasteiger charge is 2.01. The summed E-state index contributed by atoms with van der Waals surface area (Å²) in [7, 11) is 0. The van der Waals surface area contributed by atoms with Gasteiger partial charge in [0.15, 0.2) is 0 Å². The maximum absolute atomic E-state index is 11.6. The van der Waals surface area contributed by atoms with Crippen LogP contribution in [0.2, 0.25) is 0 Å². The second-order valence-corrected chi connectivity index (χ2v) is 4.41. The van der Waals surface area contributed by atoms with Gasteiger partial charge in [-0.1, -0.05) is 28.1 Å². The quantitative estimate of drug-likeness (QED) is 0.700. The number of hydrogen-bond acceptors (Lipinski definition) is 3. The van der Waals surface area contributed by atoms with Gasteiger partial charge in [0.2, 0.25) is 0 Å². The van der Waals surface area contributed by atoms with Gasteiger partial charge in [-0.25, -0.2) is 5.43 Å². The molecule has 90 valence electrons. The fourth-order valence-corrected chi connectivity index (χ4v) is 1.74. The summed E-state index contributed by atoms with van der Waals surface area (Å²) < 4.78 is 0.965. The first-order valence-corrected chi connectivity index (χ1v) is 6.04. The van der Waals surface area contributed by atoms with Gasteiger partial charge in [0.1, 0.15) is 0 Å². The van der Waals surface area contributed by atoms with E-state index in [9.17, 15) is 4.79 Å². The Morgan fingerprint density at radius 2 is 2.06 bits per heavy atom. The van der Waals surface area contributed by atoms with Gasteiger partial charge in [0.25, 0.3) is 5.91 Å². The van der Waals surface area contributed by atoms with Gasteiger partial charge in [-0.3, -0.25) is 9.78 Å². The van der Waals surface area contributed by atoms with Crippen molar-refractivity contribution in [2.45, 2.75) is 0 Å². The molecule has 2 aromatic rings. The van der Waals surface area contributed by atoms with E-state index in [0.717, 1.165) is 10.0 Å². The Hall–Kier alpha value is -2.01. The molecule has 1 heterocycles. The number of amides is 1. The summed E-state index contributed by atoms with van der Waals surface area (Å²) >= 11 is 3.36. The molecule has 1 amide bonds. The molecule has 18 heavy (non-hydrogen) atoms. The Kier molecular flexibility index (Phi) is 4.20. The highest BCUT2D eigenvalue weighted by Crippen LogP contribution is 2.09. The Balaban J connectivity index is 1.98. The predicted octanol–water partition coefficient (Wildman–Crippen LogP) is 2.61. The Labute approximate surface area is 113 Å². The zero-order valence-corrected chi connectivity index (χ0v) is 11.0. The molecule has 0 radical (unpaired) electrons. The lowest BCUT2D eigenvalue weighted by atomic mass is 10.2. The maximum Gasteiger partial charge on any atom is 0.271 e. The number of aromatic nitrogens is 1. The largest absolute Gasteiger partial charge is 0.271 e. The van der Waals surface area contributed by atoms with Crippen molar-refractivity contribution in [3.8, 4) is 0 Å². The van der Waals surface area contributed by atoms with E-state index in [-0.39, 0.29) is 5.91 Å². The molecule has 0 aliphatic carbocycles. The number of pyridine rings is 1. The van der Waals surface area contributed by atoms with Crippen LogP contribution in [-0.4, -0.2) is 17.1 Å². The number of nitrogens with one attached hydrogen (secondary N) is 1. The fourth-order valence-electron chi connectivity index (χ4n) is 1.32. The summed E-state index contributed by atoms with van der Waals surface area (Å²) in [6.45, 7) is 0.